The van der Waals surface area contributed by atoms with E-state index in [0.29, 0.717) is 12.6 Å². The number of rotatable bonds is 4. The molecule has 118 valence electrons. The van der Waals surface area contributed by atoms with Crippen LogP contribution < -0.4 is 10.0 Å². The first-order valence-corrected chi connectivity index (χ1v) is 8.13. The Bertz CT molecular complexity index is 613. The third-order valence-electron chi connectivity index (χ3n) is 3.26. The third-order valence-corrected chi connectivity index (χ3v) is 4.98. The first-order chi connectivity index (χ1) is 9.70. The summed E-state index contributed by atoms with van der Waals surface area (Å²) in [6.07, 6.45) is -4.00. The molecule has 0 saturated carbocycles. The third kappa shape index (κ3) is 4.09. The second-order valence-corrected chi connectivity index (χ2v) is 7.02. The Hall–Kier alpha value is -0.830. The maximum Gasteiger partial charge on any atom is 0.417 e. The summed E-state index contributed by atoms with van der Waals surface area (Å²) in [5.41, 5.74) is -1.26. The van der Waals surface area contributed by atoms with Crippen LogP contribution in [-0.2, 0) is 16.2 Å². The Morgan fingerprint density at radius 3 is 2.67 bits per heavy atom. The molecule has 0 bridgehead atoms. The van der Waals surface area contributed by atoms with Gasteiger partial charge in [0, 0.05) is 11.6 Å². The molecule has 1 aromatic carbocycles. The molecule has 21 heavy (non-hydrogen) atoms. The summed E-state index contributed by atoms with van der Waals surface area (Å²) in [6, 6.07) is 2.62. The summed E-state index contributed by atoms with van der Waals surface area (Å²) in [5.74, 6) is 0.0846. The van der Waals surface area contributed by atoms with Gasteiger partial charge in [-0.15, -0.1) is 0 Å². The monoisotopic (exact) mass is 342 g/mol. The zero-order valence-electron chi connectivity index (χ0n) is 10.9. The lowest BCUT2D eigenvalue weighted by atomic mass is 10.1. The molecule has 0 radical (unpaired) electrons. The lowest BCUT2D eigenvalue weighted by Gasteiger charge is -2.15. The molecule has 1 aliphatic rings. The fourth-order valence-corrected chi connectivity index (χ4v) is 3.65. The van der Waals surface area contributed by atoms with E-state index in [9.17, 15) is 21.6 Å². The van der Waals surface area contributed by atoms with E-state index in [1.165, 1.54) is 0 Å². The number of sulfonamides is 1. The van der Waals surface area contributed by atoms with Gasteiger partial charge in [0.15, 0.2) is 0 Å². The molecule has 1 fully saturated rings. The van der Waals surface area contributed by atoms with Crippen molar-refractivity contribution in [2.24, 2.45) is 5.92 Å². The van der Waals surface area contributed by atoms with Crippen molar-refractivity contribution in [2.75, 3.05) is 19.6 Å². The van der Waals surface area contributed by atoms with Crippen molar-refractivity contribution < 1.29 is 21.6 Å². The molecular weight excluding hydrogens is 329 g/mol. The van der Waals surface area contributed by atoms with Crippen LogP contribution in [0.25, 0.3) is 0 Å². The van der Waals surface area contributed by atoms with Crippen molar-refractivity contribution in [1.29, 1.82) is 0 Å². The smallest absolute Gasteiger partial charge is 0.316 e. The van der Waals surface area contributed by atoms with Crippen molar-refractivity contribution in [3.63, 3.8) is 0 Å². The normalized spacial score (nSPS) is 19.9. The molecule has 1 heterocycles. The number of benzene rings is 1. The van der Waals surface area contributed by atoms with Gasteiger partial charge in [-0.1, -0.05) is 11.6 Å². The minimum Gasteiger partial charge on any atom is -0.316 e. The van der Waals surface area contributed by atoms with Crippen LogP contribution in [0.15, 0.2) is 23.1 Å². The van der Waals surface area contributed by atoms with Gasteiger partial charge < -0.3 is 5.32 Å². The Morgan fingerprint density at radius 2 is 2.10 bits per heavy atom. The predicted octanol–water partition coefficient (Wildman–Crippen LogP) is 2.25. The first kappa shape index (κ1) is 16.5. The summed E-state index contributed by atoms with van der Waals surface area (Å²) >= 11 is 5.53. The lowest BCUT2D eigenvalue weighted by Crippen LogP contribution is -2.31. The SMILES string of the molecule is O=S(=O)(NCC1CCNC1)c1ccc(Cl)cc1C(F)(F)F. The van der Waals surface area contributed by atoms with Crippen LogP contribution in [0, 0.1) is 5.92 Å². The molecule has 1 unspecified atom stereocenters. The number of alkyl halides is 3. The topological polar surface area (TPSA) is 58.2 Å². The summed E-state index contributed by atoms with van der Waals surface area (Å²) in [5, 5.41) is 2.89. The van der Waals surface area contributed by atoms with Crippen LogP contribution in [-0.4, -0.2) is 28.1 Å². The molecule has 9 heteroatoms. The zero-order chi connectivity index (χ0) is 15.7. The predicted molar refractivity (Wildman–Crippen MR) is 72.6 cm³/mol. The van der Waals surface area contributed by atoms with Crippen molar-refractivity contribution in [2.45, 2.75) is 17.5 Å². The van der Waals surface area contributed by atoms with E-state index in [-0.39, 0.29) is 17.5 Å². The highest BCUT2D eigenvalue weighted by molar-refractivity contribution is 7.89. The molecule has 0 amide bonds. The van der Waals surface area contributed by atoms with Crippen LogP contribution in [0.1, 0.15) is 12.0 Å². The van der Waals surface area contributed by atoms with E-state index in [0.717, 1.165) is 25.1 Å². The van der Waals surface area contributed by atoms with Gasteiger partial charge in [0.1, 0.15) is 0 Å². The van der Waals surface area contributed by atoms with Crippen LogP contribution >= 0.6 is 11.6 Å². The highest BCUT2D eigenvalue weighted by atomic mass is 35.5. The quantitative estimate of drug-likeness (QED) is 0.882. The van der Waals surface area contributed by atoms with Crippen LogP contribution in [0.4, 0.5) is 13.2 Å². The average Bonchev–Trinajstić information content (AvgIpc) is 2.88. The Labute approximate surface area is 125 Å². The van der Waals surface area contributed by atoms with Crippen molar-refractivity contribution in [3.05, 3.63) is 28.8 Å². The number of hydrogen-bond acceptors (Lipinski definition) is 3. The molecule has 0 aliphatic carbocycles. The van der Waals surface area contributed by atoms with E-state index < -0.39 is 26.7 Å². The van der Waals surface area contributed by atoms with Crippen molar-refractivity contribution >= 4 is 21.6 Å². The molecule has 1 atom stereocenters. The van der Waals surface area contributed by atoms with Crippen LogP contribution in [0.3, 0.4) is 0 Å². The van der Waals surface area contributed by atoms with Gasteiger partial charge in [0.2, 0.25) is 10.0 Å². The minimum atomic E-state index is -4.79. The molecule has 1 aromatic rings. The van der Waals surface area contributed by atoms with Gasteiger partial charge >= 0.3 is 6.18 Å². The molecule has 1 aliphatic heterocycles. The van der Waals surface area contributed by atoms with Crippen molar-refractivity contribution in [1.82, 2.24) is 10.0 Å². The summed E-state index contributed by atoms with van der Waals surface area (Å²) in [4.78, 5) is -0.801. The van der Waals surface area contributed by atoms with E-state index in [2.05, 4.69) is 10.0 Å². The average molecular weight is 343 g/mol. The zero-order valence-corrected chi connectivity index (χ0v) is 12.4. The largest absolute Gasteiger partial charge is 0.417 e. The Kier molecular flexibility index (Phi) is 4.82. The van der Waals surface area contributed by atoms with Gasteiger partial charge in [0.05, 0.1) is 10.5 Å². The summed E-state index contributed by atoms with van der Waals surface area (Å²) in [6.45, 7) is 1.53. The molecule has 1 saturated heterocycles. The fraction of sp³-hybridized carbons (Fsp3) is 0.500. The van der Waals surface area contributed by atoms with E-state index in [1.807, 2.05) is 0 Å². The molecule has 2 N–H and O–H groups in total. The van der Waals surface area contributed by atoms with Crippen LogP contribution in [0.2, 0.25) is 5.02 Å². The number of hydrogen-bond donors (Lipinski definition) is 2. The molecule has 4 nitrogen and oxygen atoms in total. The first-order valence-electron chi connectivity index (χ1n) is 6.27. The highest BCUT2D eigenvalue weighted by Gasteiger charge is 2.37. The van der Waals surface area contributed by atoms with Gasteiger partial charge in [0.25, 0.3) is 0 Å². The standard InChI is InChI=1S/C12H14ClF3N2O2S/c13-9-1-2-11(10(5-9)12(14,15)16)21(19,20)18-7-8-3-4-17-6-8/h1-2,5,8,17-18H,3-4,6-7H2. The molecule has 2 rings (SSSR count). The minimum absolute atomic E-state index is 0.0846. The lowest BCUT2D eigenvalue weighted by molar-refractivity contribution is -0.139. The highest BCUT2D eigenvalue weighted by Crippen LogP contribution is 2.35. The Balaban J connectivity index is 2.26. The molecule has 0 spiro atoms. The van der Waals surface area contributed by atoms with Crippen molar-refractivity contribution in [3.8, 4) is 0 Å². The maximum atomic E-state index is 12.9. The molecular formula is C12H14ClF3N2O2S. The second-order valence-electron chi connectivity index (χ2n) is 4.85. The van der Waals surface area contributed by atoms with Gasteiger partial charge in [-0.3, -0.25) is 0 Å². The number of halogens is 4. The van der Waals surface area contributed by atoms with E-state index >= 15 is 0 Å². The van der Waals surface area contributed by atoms with E-state index in [1.54, 1.807) is 0 Å². The summed E-state index contributed by atoms with van der Waals surface area (Å²) in [7, 11) is -4.23. The number of nitrogens with one attached hydrogen (secondary N) is 2. The van der Waals surface area contributed by atoms with E-state index in [4.69, 9.17) is 11.6 Å². The van der Waals surface area contributed by atoms with Crippen LogP contribution in [0.5, 0.6) is 0 Å². The maximum absolute atomic E-state index is 12.9. The fourth-order valence-electron chi connectivity index (χ4n) is 2.15. The van der Waals surface area contributed by atoms with Gasteiger partial charge in [-0.2, -0.15) is 13.2 Å². The Morgan fingerprint density at radius 1 is 1.38 bits per heavy atom. The molecule has 0 aromatic heterocycles. The summed E-state index contributed by atoms with van der Waals surface area (Å²) < 4.78 is 65.2. The second kappa shape index (κ2) is 6.12. The van der Waals surface area contributed by atoms with Gasteiger partial charge in [-0.25, -0.2) is 13.1 Å². The van der Waals surface area contributed by atoms with Gasteiger partial charge in [-0.05, 0) is 43.6 Å².